The van der Waals surface area contributed by atoms with E-state index in [0.717, 1.165) is 17.1 Å². The lowest BCUT2D eigenvalue weighted by molar-refractivity contribution is 0.564. The van der Waals surface area contributed by atoms with Gasteiger partial charge in [0.1, 0.15) is 6.54 Å². The Balaban J connectivity index is 1.76. The number of rotatable bonds is 5. The molecular formula is C12H12BrN7. The Hall–Kier alpha value is -2.09. The van der Waals surface area contributed by atoms with Gasteiger partial charge in [-0.1, -0.05) is 51.5 Å². The Morgan fingerprint density at radius 3 is 2.60 bits per heavy atom. The van der Waals surface area contributed by atoms with Gasteiger partial charge in [0.2, 0.25) is 0 Å². The van der Waals surface area contributed by atoms with Crippen molar-refractivity contribution in [3.8, 4) is 0 Å². The zero-order valence-electron chi connectivity index (χ0n) is 10.6. The molecule has 3 rings (SSSR count). The highest BCUT2D eigenvalue weighted by molar-refractivity contribution is 9.08. The topological polar surface area (TPSA) is 74.3 Å². The van der Waals surface area contributed by atoms with Gasteiger partial charge in [-0.2, -0.15) is 0 Å². The van der Waals surface area contributed by atoms with Gasteiger partial charge in [0, 0.05) is 11.5 Å². The van der Waals surface area contributed by atoms with E-state index in [-0.39, 0.29) is 0 Å². The molecule has 0 aliphatic rings. The lowest BCUT2D eigenvalue weighted by atomic mass is 10.2. The maximum Gasteiger partial charge on any atom is 0.173 e. The predicted molar refractivity (Wildman–Crippen MR) is 75.1 cm³/mol. The van der Waals surface area contributed by atoms with E-state index in [1.807, 2.05) is 36.5 Å². The van der Waals surface area contributed by atoms with Crippen LogP contribution in [0.3, 0.4) is 0 Å². The van der Waals surface area contributed by atoms with Gasteiger partial charge in [-0.25, -0.2) is 9.36 Å². The quantitative estimate of drug-likeness (QED) is 0.657. The molecule has 0 N–H and O–H groups in total. The van der Waals surface area contributed by atoms with Crippen molar-refractivity contribution >= 4 is 15.9 Å². The molecule has 2 heterocycles. The summed E-state index contributed by atoms with van der Waals surface area (Å²) >= 11 is 3.35. The minimum atomic E-state index is 0.500. The first kappa shape index (κ1) is 12.9. The number of hydrogen-bond acceptors (Lipinski definition) is 5. The summed E-state index contributed by atoms with van der Waals surface area (Å²) < 4.78 is 3.49. The van der Waals surface area contributed by atoms with Crippen LogP contribution in [0.25, 0.3) is 0 Å². The van der Waals surface area contributed by atoms with Crippen molar-refractivity contribution in [3.05, 3.63) is 53.6 Å². The number of hydrogen-bond donors (Lipinski definition) is 0. The number of alkyl halides is 1. The molecule has 0 fully saturated rings. The fraction of sp³-hybridized carbons (Fsp3) is 0.250. The molecule has 0 radical (unpaired) electrons. The second kappa shape index (κ2) is 5.91. The van der Waals surface area contributed by atoms with Crippen LogP contribution < -0.4 is 0 Å². The van der Waals surface area contributed by atoms with Crippen molar-refractivity contribution in [1.29, 1.82) is 0 Å². The smallest absolute Gasteiger partial charge is 0.173 e. The molecule has 0 spiro atoms. The minimum Gasteiger partial charge on any atom is -0.245 e. The van der Waals surface area contributed by atoms with E-state index in [9.17, 15) is 0 Å². The van der Waals surface area contributed by atoms with Gasteiger partial charge in [-0.05, 0) is 16.0 Å². The molecule has 0 bridgehead atoms. The van der Waals surface area contributed by atoms with Crippen LogP contribution in [-0.2, 0) is 18.4 Å². The van der Waals surface area contributed by atoms with Crippen molar-refractivity contribution in [2.45, 2.75) is 18.4 Å². The normalized spacial score (nSPS) is 10.8. The zero-order chi connectivity index (χ0) is 13.8. The number of benzene rings is 1. The van der Waals surface area contributed by atoms with Gasteiger partial charge in [0.25, 0.3) is 0 Å². The maximum atomic E-state index is 4.04. The fourth-order valence-electron chi connectivity index (χ4n) is 1.84. The lowest BCUT2D eigenvalue weighted by Gasteiger charge is -2.04. The van der Waals surface area contributed by atoms with Crippen LogP contribution in [0, 0.1) is 0 Å². The second-order valence-corrected chi connectivity index (χ2v) is 4.84. The van der Waals surface area contributed by atoms with Gasteiger partial charge in [-0.3, -0.25) is 0 Å². The molecule has 7 nitrogen and oxygen atoms in total. The average molecular weight is 334 g/mol. The first-order chi connectivity index (χ1) is 9.85. The lowest BCUT2D eigenvalue weighted by Crippen LogP contribution is -2.11. The molecule has 0 atom stereocenters. The summed E-state index contributed by atoms with van der Waals surface area (Å²) in [4.78, 5) is 0. The minimum absolute atomic E-state index is 0.500. The Morgan fingerprint density at radius 2 is 1.85 bits per heavy atom. The van der Waals surface area contributed by atoms with Crippen molar-refractivity contribution < 1.29 is 0 Å². The molecule has 0 saturated heterocycles. The Kier molecular flexibility index (Phi) is 3.82. The third kappa shape index (κ3) is 2.90. The summed E-state index contributed by atoms with van der Waals surface area (Å²) in [5, 5.41) is 20.5. The molecule has 0 saturated carbocycles. The molecule has 0 aliphatic heterocycles. The molecule has 102 valence electrons. The van der Waals surface area contributed by atoms with Crippen molar-refractivity contribution in [2.75, 3.05) is 0 Å². The van der Waals surface area contributed by atoms with E-state index in [1.54, 1.807) is 9.36 Å². The van der Waals surface area contributed by atoms with Gasteiger partial charge in [0.15, 0.2) is 5.82 Å². The number of aromatic nitrogens is 7. The number of halogens is 1. The van der Waals surface area contributed by atoms with Crippen LogP contribution in [0.15, 0.2) is 36.5 Å². The summed E-state index contributed by atoms with van der Waals surface area (Å²) in [6, 6.07) is 10.1. The van der Waals surface area contributed by atoms with Gasteiger partial charge in [0.05, 0.1) is 12.2 Å². The Labute approximate surface area is 123 Å². The van der Waals surface area contributed by atoms with Crippen LogP contribution >= 0.6 is 15.9 Å². The van der Waals surface area contributed by atoms with Crippen molar-refractivity contribution in [2.24, 2.45) is 0 Å². The largest absolute Gasteiger partial charge is 0.245 e. The van der Waals surface area contributed by atoms with Crippen molar-refractivity contribution in [1.82, 2.24) is 35.2 Å². The third-order valence-corrected chi connectivity index (χ3v) is 3.38. The summed E-state index contributed by atoms with van der Waals surface area (Å²) in [6.45, 7) is 1.14. The zero-order valence-corrected chi connectivity index (χ0v) is 12.2. The fourth-order valence-corrected chi connectivity index (χ4v) is 2.09. The molecule has 3 aromatic rings. The summed E-state index contributed by atoms with van der Waals surface area (Å²) in [6.07, 6.45) is 1.87. The molecule has 8 heteroatoms. The molecular weight excluding hydrogens is 322 g/mol. The summed E-state index contributed by atoms with van der Waals surface area (Å²) in [7, 11) is 0. The van der Waals surface area contributed by atoms with Crippen LogP contribution in [0.5, 0.6) is 0 Å². The van der Waals surface area contributed by atoms with E-state index in [1.165, 1.54) is 0 Å². The molecule has 0 amide bonds. The first-order valence-electron chi connectivity index (χ1n) is 6.09. The summed E-state index contributed by atoms with van der Waals surface area (Å²) in [5.41, 5.74) is 2.04. The average Bonchev–Trinajstić information content (AvgIpc) is 3.10. The van der Waals surface area contributed by atoms with Crippen LogP contribution in [-0.4, -0.2) is 35.2 Å². The Bertz CT molecular complexity index is 676. The van der Waals surface area contributed by atoms with E-state index in [0.29, 0.717) is 18.4 Å². The van der Waals surface area contributed by atoms with E-state index in [4.69, 9.17) is 0 Å². The standard InChI is InChI=1S/C12H12BrN7/c13-6-11-8-19(17-14-11)9-12-15-16-18-20(12)7-10-4-2-1-3-5-10/h1-5,8H,6-7,9H2. The molecule has 0 unspecified atom stereocenters. The first-order valence-corrected chi connectivity index (χ1v) is 7.21. The van der Waals surface area contributed by atoms with Crippen LogP contribution in [0.1, 0.15) is 17.1 Å². The molecule has 0 aliphatic carbocycles. The van der Waals surface area contributed by atoms with Crippen LogP contribution in [0.4, 0.5) is 0 Å². The number of nitrogens with zero attached hydrogens (tertiary/aromatic N) is 7. The monoisotopic (exact) mass is 333 g/mol. The highest BCUT2D eigenvalue weighted by Crippen LogP contribution is 2.05. The predicted octanol–water partition coefficient (Wildman–Crippen LogP) is 1.26. The van der Waals surface area contributed by atoms with E-state index in [2.05, 4.69) is 41.8 Å². The van der Waals surface area contributed by atoms with Crippen LogP contribution in [0.2, 0.25) is 0 Å². The SMILES string of the molecule is BrCc1cn(Cc2nnnn2Cc2ccccc2)nn1. The highest BCUT2D eigenvalue weighted by Gasteiger charge is 2.09. The van der Waals surface area contributed by atoms with E-state index >= 15 is 0 Å². The number of tetrazole rings is 1. The molecule has 1 aromatic carbocycles. The second-order valence-electron chi connectivity index (χ2n) is 4.28. The maximum absolute atomic E-state index is 4.04. The molecule has 20 heavy (non-hydrogen) atoms. The third-order valence-electron chi connectivity index (χ3n) is 2.81. The van der Waals surface area contributed by atoms with Crippen molar-refractivity contribution in [3.63, 3.8) is 0 Å². The van der Waals surface area contributed by atoms with Gasteiger partial charge >= 0.3 is 0 Å². The highest BCUT2D eigenvalue weighted by atomic mass is 79.9. The Morgan fingerprint density at radius 1 is 1.00 bits per heavy atom. The summed E-state index contributed by atoms with van der Waals surface area (Å²) in [5.74, 6) is 0.750. The molecule has 2 aromatic heterocycles. The van der Waals surface area contributed by atoms with Gasteiger partial charge < -0.3 is 0 Å². The van der Waals surface area contributed by atoms with E-state index < -0.39 is 0 Å². The van der Waals surface area contributed by atoms with Gasteiger partial charge in [-0.15, -0.1) is 10.2 Å².